The van der Waals surface area contributed by atoms with Gasteiger partial charge in [-0.3, -0.25) is 0 Å². The van der Waals surface area contributed by atoms with Gasteiger partial charge in [0.25, 0.3) is 5.97 Å². The van der Waals surface area contributed by atoms with Gasteiger partial charge in [-0.15, -0.1) is 0 Å². The Morgan fingerprint density at radius 2 is 2.00 bits per heavy atom. The van der Waals surface area contributed by atoms with Crippen LogP contribution >= 0.6 is 0 Å². The van der Waals surface area contributed by atoms with Crippen LogP contribution in [0.3, 0.4) is 0 Å². The molecule has 0 aromatic heterocycles. The molecule has 60 valence electrons. The maximum atomic E-state index is 5.32. The van der Waals surface area contributed by atoms with E-state index in [0.717, 1.165) is 26.1 Å². The largest absolute Gasteiger partial charge is 0.331 e. The molecule has 0 N–H and O–H groups in total. The minimum absolute atomic E-state index is 0.738. The summed E-state index contributed by atoms with van der Waals surface area (Å²) in [4.78, 5) is 0. The molecular formula is C7H14O3. The standard InChI is InChI=1S/C7H14O3/c1-3-7(8-2)9-5-4-6-10-7/h3-6H2,1-2H3. The van der Waals surface area contributed by atoms with Gasteiger partial charge in [0.05, 0.1) is 13.2 Å². The van der Waals surface area contributed by atoms with E-state index in [1.807, 2.05) is 6.92 Å². The van der Waals surface area contributed by atoms with E-state index < -0.39 is 5.97 Å². The van der Waals surface area contributed by atoms with Crippen LogP contribution in [-0.2, 0) is 14.2 Å². The molecule has 0 unspecified atom stereocenters. The Balaban J connectivity index is 2.44. The number of hydrogen-bond acceptors (Lipinski definition) is 3. The van der Waals surface area contributed by atoms with Crippen molar-refractivity contribution >= 4 is 0 Å². The van der Waals surface area contributed by atoms with Crippen LogP contribution < -0.4 is 0 Å². The van der Waals surface area contributed by atoms with Gasteiger partial charge >= 0.3 is 0 Å². The van der Waals surface area contributed by atoms with Gasteiger partial charge in [-0.25, -0.2) is 0 Å². The molecule has 1 heterocycles. The highest BCUT2D eigenvalue weighted by atomic mass is 16.9. The molecule has 1 saturated heterocycles. The quantitative estimate of drug-likeness (QED) is 0.584. The van der Waals surface area contributed by atoms with Crippen LogP contribution in [0.5, 0.6) is 0 Å². The van der Waals surface area contributed by atoms with Crippen LogP contribution in [0.4, 0.5) is 0 Å². The minimum atomic E-state index is -0.738. The van der Waals surface area contributed by atoms with Crippen molar-refractivity contribution in [2.75, 3.05) is 20.3 Å². The summed E-state index contributed by atoms with van der Waals surface area (Å²) in [6.45, 7) is 3.46. The molecule has 0 aliphatic carbocycles. The monoisotopic (exact) mass is 146 g/mol. The van der Waals surface area contributed by atoms with Gasteiger partial charge in [0.2, 0.25) is 0 Å². The molecule has 0 aromatic rings. The van der Waals surface area contributed by atoms with Crippen molar-refractivity contribution in [2.45, 2.75) is 25.7 Å². The summed E-state index contributed by atoms with van der Waals surface area (Å²) in [5, 5.41) is 0. The number of ether oxygens (including phenoxy) is 3. The Hall–Kier alpha value is -0.120. The Morgan fingerprint density at radius 1 is 1.40 bits per heavy atom. The first-order valence-corrected chi connectivity index (χ1v) is 3.66. The Kier molecular flexibility index (Phi) is 2.65. The lowest BCUT2D eigenvalue weighted by atomic mass is 10.3. The Morgan fingerprint density at radius 3 is 2.30 bits per heavy atom. The summed E-state index contributed by atoms with van der Waals surface area (Å²) in [7, 11) is 1.61. The summed E-state index contributed by atoms with van der Waals surface area (Å²) in [5.74, 6) is -0.738. The Labute approximate surface area is 61.3 Å². The number of methoxy groups -OCH3 is 1. The highest BCUT2D eigenvalue weighted by Crippen LogP contribution is 2.22. The normalized spacial score (nSPS) is 24.6. The lowest BCUT2D eigenvalue weighted by molar-refractivity contribution is -0.391. The van der Waals surface area contributed by atoms with Crippen LogP contribution in [0, 0.1) is 0 Å². The first kappa shape index (κ1) is 7.98. The third-order valence-corrected chi connectivity index (χ3v) is 1.68. The van der Waals surface area contributed by atoms with Gasteiger partial charge in [-0.2, -0.15) is 0 Å². The smallest absolute Gasteiger partial charge is 0.282 e. The zero-order valence-corrected chi connectivity index (χ0v) is 6.55. The van der Waals surface area contributed by atoms with Crippen LogP contribution in [-0.4, -0.2) is 26.3 Å². The molecule has 1 rings (SSSR count). The molecule has 10 heavy (non-hydrogen) atoms. The van der Waals surface area contributed by atoms with Crippen molar-refractivity contribution in [2.24, 2.45) is 0 Å². The Bertz CT molecular complexity index is 91.0. The van der Waals surface area contributed by atoms with Gasteiger partial charge in [0.1, 0.15) is 0 Å². The van der Waals surface area contributed by atoms with Crippen LogP contribution in [0.1, 0.15) is 19.8 Å². The first-order chi connectivity index (χ1) is 4.83. The third-order valence-electron chi connectivity index (χ3n) is 1.68. The molecule has 3 nitrogen and oxygen atoms in total. The molecular weight excluding hydrogens is 132 g/mol. The summed E-state index contributed by atoms with van der Waals surface area (Å²) in [6.07, 6.45) is 1.70. The van der Waals surface area contributed by atoms with Crippen molar-refractivity contribution in [3.8, 4) is 0 Å². The van der Waals surface area contributed by atoms with Gasteiger partial charge in [-0.05, 0) is 6.42 Å². The molecule has 0 radical (unpaired) electrons. The summed E-state index contributed by atoms with van der Waals surface area (Å²) >= 11 is 0. The topological polar surface area (TPSA) is 27.7 Å². The zero-order chi connectivity index (χ0) is 7.45. The van der Waals surface area contributed by atoms with Gasteiger partial charge < -0.3 is 14.2 Å². The second-order valence-electron chi connectivity index (χ2n) is 2.29. The van der Waals surface area contributed by atoms with Crippen molar-refractivity contribution < 1.29 is 14.2 Å². The van der Waals surface area contributed by atoms with E-state index in [1.165, 1.54) is 0 Å². The predicted molar refractivity (Wildman–Crippen MR) is 36.6 cm³/mol. The number of hydrogen-bond donors (Lipinski definition) is 0. The zero-order valence-electron chi connectivity index (χ0n) is 6.55. The van der Waals surface area contributed by atoms with Gasteiger partial charge in [0.15, 0.2) is 0 Å². The average Bonchev–Trinajstić information content (AvgIpc) is 2.06. The summed E-state index contributed by atoms with van der Waals surface area (Å²) in [6, 6.07) is 0. The fourth-order valence-electron chi connectivity index (χ4n) is 1.02. The SMILES string of the molecule is CCC1(OC)OCCCO1. The lowest BCUT2D eigenvalue weighted by Gasteiger charge is -2.34. The second-order valence-corrected chi connectivity index (χ2v) is 2.29. The summed E-state index contributed by atoms with van der Waals surface area (Å²) in [5.41, 5.74) is 0. The molecule has 0 spiro atoms. The van der Waals surface area contributed by atoms with E-state index in [1.54, 1.807) is 7.11 Å². The maximum absolute atomic E-state index is 5.32. The van der Waals surface area contributed by atoms with Crippen molar-refractivity contribution in [1.82, 2.24) is 0 Å². The highest BCUT2D eigenvalue weighted by molar-refractivity contribution is 4.58. The van der Waals surface area contributed by atoms with E-state index in [4.69, 9.17) is 14.2 Å². The van der Waals surface area contributed by atoms with Crippen molar-refractivity contribution in [3.05, 3.63) is 0 Å². The fraction of sp³-hybridized carbons (Fsp3) is 1.00. The van der Waals surface area contributed by atoms with Crippen molar-refractivity contribution in [3.63, 3.8) is 0 Å². The maximum Gasteiger partial charge on any atom is 0.282 e. The molecule has 1 fully saturated rings. The molecule has 1 aliphatic heterocycles. The predicted octanol–water partition coefficient (Wildman–Crippen LogP) is 1.13. The lowest BCUT2D eigenvalue weighted by Crippen LogP contribution is -2.41. The molecule has 1 aliphatic rings. The molecule has 0 saturated carbocycles. The molecule has 0 atom stereocenters. The third kappa shape index (κ3) is 1.48. The van der Waals surface area contributed by atoms with E-state index in [2.05, 4.69) is 0 Å². The summed E-state index contributed by atoms with van der Waals surface area (Å²) < 4.78 is 15.7. The molecule has 0 amide bonds. The van der Waals surface area contributed by atoms with E-state index in [0.29, 0.717) is 0 Å². The first-order valence-electron chi connectivity index (χ1n) is 3.66. The second kappa shape index (κ2) is 3.32. The van der Waals surface area contributed by atoms with E-state index in [-0.39, 0.29) is 0 Å². The fourth-order valence-corrected chi connectivity index (χ4v) is 1.02. The molecule has 0 aromatic carbocycles. The average molecular weight is 146 g/mol. The minimum Gasteiger partial charge on any atom is -0.331 e. The van der Waals surface area contributed by atoms with Crippen molar-refractivity contribution in [1.29, 1.82) is 0 Å². The molecule has 3 heteroatoms. The van der Waals surface area contributed by atoms with E-state index >= 15 is 0 Å². The van der Waals surface area contributed by atoms with Gasteiger partial charge in [-0.1, -0.05) is 6.92 Å². The molecule has 0 bridgehead atoms. The van der Waals surface area contributed by atoms with Crippen LogP contribution in [0.25, 0.3) is 0 Å². The highest BCUT2D eigenvalue weighted by Gasteiger charge is 2.32. The van der Waals surface area contributed by atoms with Gasteiger partial charge in [0, 0.05) is 13.5 Å². The number of rotatable bonds is 2. The van der Waals surface area contributed by atoms with Crippen LogP contribution in [0.15, 0.2) is 0 Å². The van der Waals surface area contributed by atoms with E-state index in [9.17, 15) is 0 Å². The van der Waals surface area contributed by atoms with Crippen LogP contribution in [0.2, 0.25) is 0 Å².